The molecule has 2 N–H and O–H groups in total. The molecule has 0 saturated carbocycles. The molecular formula is C25H32N2O6. The van der Waals surface area contributed by atoms with Crippen molar-refractivity contribution in [3.8, 4) is 0 Å². The van der Waals surface area contributed by atoms with Crippen LogP contribution in [-0.4, -0.2) is 70.0 Å². The fourth-order valence-electron chi connectivity index (χ4n) is 3.75. The summed E-state index contributed by atoms with van der Waals surface area (Å²) in [6.45, 7) is 3.94. The van der Waals surface area contributed by atoms with Crippen molar-refractivity contribution >= 4 is 5.97 Å². The first-order chi connectivity index (χ1) is 16.3. The van der Waals surface area contributed by atoms with Crippen LogP contribution < -0.4 is 10.6 Å². The summed E-state index contributed by atoms with van der Waals surface area (Å²) in [7, 11) is 0. The zero-order valence-electron chi connectivity index (χ0n) is 18.7. The van der Waals surface area contributed by atoms with Crippen LogP contribution >= 0.6 is 0 Å². The Labute approximate surface area is 194 Å². The Morgan fingerprint density at radius 1 is 0.758 bits per heavy atom. The van der Waals surface area contributed by atoms with Crippen LogP contribution in [0.1, 0.15) is 11.1 Å². The maximum absolute atomic E-state index is 12.6. The van der Waals surface area contributed by atoms with E-state index in [0.717, 1.165) is 11.1 Å². The van der Waals surface area contributed by atoms with Crippen molar-refractivity contribution in [2.75, 3.05) is 39.4 Å². The number of hydrogen-bond donors (Lipinski definition) is 2. The minimum atomic E-state index is -0.692. The summed E-state index contributed by atoms with van der Waals surface area (Å²) in [6.07, 6.45) is -1.77. The molecule has 2 aromatic carbocycles. The molecule has 0 aromatic heterocycles. The van der Waals surface area contributed by atoms with Gasteiger partial charge in [0.2, 0.25) is 6.29 Å². The highest BCUT2D eigenvalue weighted by Crippen LogP contribution is 2.13. The van der Waals surface area contributed by atoms with Gasteiger partial charge in [0, 0.05) is 19.6 Å². The second-order valence-electron chi connectivity index (χ2n) is 8.19. The largest absolute Gasteiger partial charge is 0.432 e. The Morgan fingerprint density at radius 2 is 1.30 bits per heavy atom. The van der Waals surface area contributed by atoms with Crippen molar-refractivity contribution in [1.82, 2.24) is 10.6 Å². The van der Waals surface area contributed by atoms with Gasteiger partial charge in [-0.25, -0.2) is 4.79 Å². The standard InChI is InChI=1S/C25H32N2O6/c28-25(23-13-26-11-21(31-23)17-29-15-19-7-3-1-4-8-19)33-24-14-27-12-22(32-24)18-30-16-20-9-5-2-6-10-20/h1-10,21-24,26-27H,11-18H2. The molecular weight excluding hydrogens is 424 g/mol. The minimum absolute atomic E-state index is 0.190. The van der Waals surface area contributed by atoms with Crippen LogP contribution in [0.15, 0.2) is 60.7 Å². The lowest BCUT2D eigenvalue weighted by molar-refractivity contribution is -0.216. The molecule has 2 heterocycles. The topological polar surface area (TPSA) is 87.3 Å². The number of hydrogen-bond acceptors (Lipinski definition) is 8. The van der Waals surface area contributed by atoms with Crippen molar-refractivity contribution in [2.45, 2.75) is 37.8 Å². The Kier molecular flexibility index (Phi) is 9.23. The fourth-order valence-corrected chi connectivity index (χ4v) is 3.75. The van der Waals surface area contributed by atoms with Crippen molar-refractivity contribution in [3.05, 3.63) is 71.8 Å². The molecule has 0 spiro atoms. The molecule has 0 bridgehead atoms. The van der Waals surface area contributed by atoms with Gasteiger partial charge < -0.3 is 34.3 Å². The van der Waals surface area contributed by atoms with E-state index in [-0.39, 0.29) is 12.2 Å². The number of rotatable bonds is 10. The molecule has 2 saturated heterocycles. The molecule has 8 heteroatoms. The lowest BCUT2D eigenvalue weighted by Gasteiger charge is -2.33. The monoisotopic (exact) mass is 456 g/mol. The van der Waals surface area contributed by atoms with Crippen LogP contribution in [0.3, 0.4) is 0 Å². The lowest BCUT2D eigenvalue weighted by Crippen LogP contribution is -2.53. The third-order valence-electron chi connectivity index (χ3n) is 5.43. The fraction of sp³-hybridized carbons (Fsp3) is 0.480. The Balaban J connectivity index is 1.15. The van der Waals surface area contributed by atoms with Gasteiger partial charge in [0.25, 0.3) is 0 Å². The summed E-state index contributed by atoms with van der Waals surface area (Å²) in [5.74, 6) is -0.437. The van der Waals surface area contributed by atoms with Crippen LogP contribution in [-0.2, 0) is 41.7 Å². The van der Waals surface area contributed by atoms with Gasteiger partial charge in [-0.05, 0) is 11.1 Å². The van der Waals surface area contributed by atoms with E-state index in [2.05, 4.69) is 10.6 Å². The first-order valence-corrected chi connectivity index (χ1v) is 11.4. The molecule has 8 nitrogen and oxygen atoms in total. The van der Waals surface area contributed by atoms with E-state index in [0.29, 0.717) is 52.6 Å². The van der Waals surface area contributed by atoms with E-state index in [1.807, 2.05) is 60.7 Å². The third kappa shape index (κ3) is 7.89. The Hall–Kier alpha value is -2.33. The maximum Gasteiger partial charge on any atom is 0.338 e. The summed E-state index contributed by atoms with van der Waals surface area (Å²) in [5.41, 5.74) is 2.20. The molecule has 4 rings (SSSR count). The van der Waals surface area contributed by atoms with Crippen molar-refractivity contribution in [3.63, 3.8) is 0 Å². The summed E-state index contributed by atoms with van der Waals surface area (Å²) in [5, 5.41) is 6.46. The number of morpholine rings is 2. The lowest BCUT2D eigenvalue weighted by atomic mass is 10.2. The van der Waals surface area contributed by atoms with Crippen molar-refractivity contribution in [1.29, 1.82) is 0 Å². The van der Waals surface area contributed by atoms with Crippen LogP contribution in [0.5, 0.6) is 0 Å². The molecule has 33 heavy (non-hydrogen) atoms. The normalized spacial score (nSPS) is 25.5. The van der Waals surface area contributed by atoms with E-state index >= 15 is 0 Å². The van der Waals surface area contributed by atoms with Crippen LogP contribution in [0.25, 0.3) is 0 Å². The van der Waals surface area contributed by atoms with Gasteiger partial charge in [-0.2, -0.15) is 0 Å². The molecule has 2 aliphatic rings. The number of esters is 1. The quantitative estimate of drug-likeness (QED) is 0.522. The molecule has 0 aliphatic carbocycles. The highest BCUT2D eigenvalue weighted by molar-refractivity contribution is 5.75. The number of nitrogens with one attached hydrogen (secondary N) is 2. The van der Waals surface area contributed by atoms with Gasteiger partial charge in [-0.1, -0.05) is 60.7 Å². The summed E-state index contributed by atoms with van der Waals surface area (Å²) in [4.78, 5) is 12.6. The SMILES string of the molecule is O=C(OC1CNCC(COCc2ccccc2)O1)C1CNCC(COCc2ccccc2)O1. The number of carbonyl (C=O) groups excluding carboxylic acids is 1. The van der Waals surface area contributed by atoms with Crippen LogP contribution in [0.4, 0.5) is 0 Å². The second-order valence-corrected chi connectivity index (χ2v) is 8.19. The van der Waals surface area contributed by atoms with E-state index in [4.69, 9.17) is 23.7 Å². The first kappa shape index (κ1) is 23.8. The van der Waals surface area contributed by atoms with E-state index in [1.54, 1.807) is 0 Å². The second kappa shape index (κ2) is 12.8. The highest BCUT2D eigenvalue weighted by atomic mass is 16.7. The molecule has 2 aliphatic heterocycles. The number of carbonyl (C=O) groups is 1. The summed E-state index contributed by atoms with van der Waals surface area (Å²) >= 11 is 0. The van der Waals surface area contributed by atoms with E-state index in [9.17, 15) is 4.79 Å². The molecule has 2 aromatic rings. The van der Waals surface area contributed by atoms with Crippen LogP contribution in [0.2, 0.25) is 0 Å². The third-order valence-corrected chi connectivity index (χ3v) is 5.43. The molecule has 178 valence electrons. The predicted molar refractivity (Wildman–Crippen MR) is 121 cm³/mol. The van der Waals surface area contributed by atoms with E-state index < -0.39 is 18.4 Å². The average molecular weight is 457 g/mol. The van der Waals surface area contributed by atoms with Gasteiger partial charge in [0.1, 0.15) is 0 Å². The molecule has 2 fully saturated rings. The van der Waals surface area contributed by atoms with Crippen LogP contribution in [0, 0.1) is 0 Å². The summed E-state index contributed by atoms with van der Waals surface area (Å²) in [6, 6.07) is 19.9. The molecule has 4 atom stereocenters. The summed E-state index contributed by atoms with van der Waals surface area (Å²) < 4.78 is 28.9. The maximum atomic E-state index is 12.6. The highest BCUT2D eigenvalue weighted by Gasteiger charge is 2.32. The average Bonchev–Trinajstić information content (AvgIpc) is 2.86. The van der Waals surface area contributed by atoms with Crippen molar-refractivity contribution < 1.29 is 28.5 Å². The van der Waals surface area contributed by atoms with Gasteiger partial charge >= 0.3 is 5.97 Å². The van der Waals surface area contributed by atoms with Gasteiger partial charge in [-0.15, -0.1) is 0 Å². The first-order valence-electron chi connectivity index (χ1n) is 11.4. The number of ether oxygens (including phenoxy) is 5. The number of benzene rings is 2. The Morgan fingerprint density at radius 3 is 1.91 bits per heavy atom. The minimum Gasteiger partial charge on any atom is -0.432 e. The van der Waals surface area contributed by atoms with Gasteiger partial charge in [0.05, 0.1) is 45.2 Å². The zero-order valence-corrected chi connectivity index (χ0v) is 18.7. The van der Waals surface area contributed by atoms with Gasteiger partial charge in [0.15, 0.2) is 6.10 Å². The smallest absolute Gasteiger partial charge is 0.338 e. The zero-order chi connectivity index (χ0) is 22.7. The van der Waals surface area contributed by atoms with E-state index in [1.165, 1.54) is 0 Å². The molecule has 0 amide bonds. The predicted octanol–water partition coefficient (Wildman–Crippen LogP) is 1.63. The Bertz CT molecular complexity index is 837. The molecule has 0 radical (unpaired) electrons. The van der Waals surface area contributed by atoms with Gasteiger partial charge in [-0.3, -0.25) is 0 Å². The molecule has 4 unspecified atom stereocenters. The van der Waals surface area contributed by atoms with Crippen molar-refractivity contribution in [2.24, 2.45) is 0 Å².